The largest absolute Gasteiger partial charge is 0.508 e. The normalized spacial score (nSPS) is 14.8. The summed E-state index contributed by atoms with van der Waals surface area (Å²) >= 11 is 0.951. The second-order valence-corrected chi connectivity index (χ2v) is 14.0. The van der Waals surface area contributed by atoms with E-state index < -0.39 is 22.9 Å². The lowest BCUT2D eigenvalue weighted by molar-refractivity contribution is -0.120. The highest BCUT2D eigenvalue weighted by Gasteiger charge is 2.32. The number of imide groups is 1. The molecule has 3 aromatic rings. The zero-order valence-electron chi connectivity index (χ0n) is 27.2. The number of amides is 4. The number of nitrogens with one attached hydrogen (secondary N) is 1. The SMILES string of the molecule is CC(=O)N(Oc1ccc(CC2SC(=O)NC2=O)cc1)c1ccc(Oc2ccc(O)cc2C(C)(C)C)cc1N(C)C(=O)OC(C)(C)C. The van der Waals surface area contributed by atoms with E-state index in [4.69, 9.17) is 14.3 Å². The van der Waals surface area contributed by atoms with E-state index in [1.165, 1.54) is 24.9 Å². The first-order valence-corrected chi connectivity index (χ1v) is 15.5. The van der Waals surface area contributed by atoms with Gasteiger partial charge in [0.2, 0.25) is 5.91 Å². The van der Waals surface area contributed by atoms with Crippen LogP contribution >= 0.6 is 11.8 Å². The summed E-state index contributed by atoms with van der Waals surface area (Å²) in [6, 6.07) is 16.5. The minimum Gasteiger partial charge on any atom is -0.508 e. The van der Waals surface area contributed by atoms with Gasteiger partial charge in [0.15, 0.2) is 5.75 Å². The van der Waals surface area contributed by atoms with Gasteiger partial charge in [-0.3, -0.25) is 24.6 Å². The number of hydrogen-bond acceptors (Lipinski definition) is 9. The van der Waals surface area contributed by atoms with Gasteiger partial charge in [0.05, 0.1) is 10.9 Å². The van der Waals surface area contributed by atoms with Crippen LogP contribution in [0.5, 0.6) is 23.0 Å². The molecule has 0 radical (unpaired) electrons. The summed E-state index contributed by atoms with van der Waals surface area (Å²) in [4.78, 5) is 57.0. The molecule has 3 aromatic carbocycles. The number of ether oxygens (including phenoxy) is 2. The molecule has 1 aliphatic rings. The van der Waals surface area contributed by atoms with Crippen LogP contribution in [0.3, 0.4) is 0 Å². The van der Waals surface area contributed by atoms with Gasteiger partial charge in [-0.2, -0.15) is 0 Å². The van der Waals surface area contributed by atoms with E-state index in [9.17, 15) is 24.3 Å². The molecular formula is C34H39N3O8S. The molecule has 12 heteroatoms. The monoisotopic (exact) mass is 649 g/mol. The van der Waals surface area contributed by atoms with Crippen LogP contribution in [0.2, 0.25) is 0 Å². The number of phenolic OH excluding ortho intramolecular Hbond substituents is 1. The van der Waals surface area contributed by atoms with Crippen LogP contribution < -0.4 is 24.9 Å². The maximum Gasteiger partial charge on any atom is 0.414 e. The second kappa shape index (κ2) is 13.3. The van der Waals surface area contributed by atoms with Gasteiger partial charge in [0.1, 0.15) is 28.5 Å². The minimum atomic E-state index is -0.781. The number of phenols is 1. The van der Waals surface area contributed by atoms with Crippen LogP contribution in [0.4, 0.5) is 21.0 Å². The highest BCUT2D eigenvalue weighted by Crippen LogP contribution is 2.40. The molecule has 0 aliphatic carbocycles. The molecule has 4 rings (SSSR count). The van der Waals surface area contributed by atoms with Crippen molar-refractivity contribution >= 4 is 46.3 Å². The van der Waals surface area contributed by atoms with Crippen LogP contribution in [0.1, 0.15) is 59.6 Å². The second-order valence-electron chi connectivity index (χ2n) is 12.9. The molecular weight excluding hydrogens is 610 g/mol. The third kappa shape index (κ3) is 8.51. The molecule has 244 valence electrons. The third-order valence-electron chi connectivity index (χ3n) is 6.79. The fourth-order valence-corrected chi connectivity index (χ4v) is 5.43. The fourth-order valence-electron chi connectivity index (χ4n) is 4.57. The van der Waals surface area contributed by atoms with Gasteiger partial charge in [0, 0.05) is 25.6 Å². The Morgan fingerprint density at radius 2 is 1.57 bits per heavy atom. The molecule has 1 heterocycles. The third-order valence-corrected chi connectivity index (χ3v) is 7.77. The number of hydrogen-bond donors (Lipinski definition) is 2. The number of anilines is 2. The van der Waals surface area contributed by atoms with Crippen molar-refractivity contribution in [2.24, 2.45) is 0 Å². The summed E-state index contributed by atoms with van der Waals surface area (Å²) in [6.45, 7) is 12.6. The van der Waals surface area contributed by atoms with Crippen LogP contribution in [0.15, 0.2) is 60.7 Å². The Morgan fingerprint density at radius 3 is 2.13 bits per heavy atom. The van der Waals surface area contributed by atoms with E-state index in [1.807, 2.05) is 20.8 Å². The summed E-state index contributed by atoms with van der Waals surface area (Å²) in [6.07, 6.45) is -0.311. The number of hydroxylamine groups is 1. The summed E-state index contributed by atoms with van der Waals surface area (Å²) in [7, 11) is 1.52. The Bertz CT molecular complexity index is 1640. The molecule has 1 saturated heterocycles. The molecule has 4 amide bonds. The highest BCUT2D eigenvalue weighted by atomic mass is 32.2. The van der Waals surface area contributed by atoms with E-state index in [-0.39, 0.29) is 33.7 Å². The fraction of sp³-hybridized carbons (Fsp3) is 0.353. The number of aromatic hydroxyl groups is 1. The summed E-state index contributed by atoms with van der Waals surface area (Å²) < 4.78 is 11.9. The number of benzene rings is 3. The molecule has 2 N–H and O–H groups in total. The quantitative estimate of drug-likeness (QED) is 0.245. The van der Waals surface area contributed by atoms with Crippen molar-refractivity contribution in [2.75, 3.05) is 17.0 Å². The molecule has 1 atom stereocenters. The average molecular weight is 650 g/mol. The van der Waals surface area contributed by atoms with Crippen molar-refractivity contribution in [3.05, 3.63) is 71.8 Å². The summed E-state index contributed by atoms with van der Waals surface area (Å²) in [5, 5.41) is 12.6. The average Bonchev–Trinajstić information content (AvgIpc) is 3.27. The maximum atomic E-state index is 13.2. The van der Waals surface area contributed by atoms with Gasteiger partial charge in [-0.15, -0.1) is 5.06 Å². The summed E-state index contributed by atoms with van der Waals surface area (Å²) in [5.74, 6) is 0.517. The van der Waals surface area contributed by atoms with Crippen molar-refractivity contribution in [3.8, 4) is 23.0 Å². The molecule has 0 aromatic heterocycles. The van der Waals surface area contributed by atoms with Crippen LogP contribution in [-0.4, -0.2) is 46.2 Å². The van der Waals surface area contributed by atoms with Crippen molar-refractivity contribution in [3.63, 3.8) is 0 Å². The topological polar surface area (TPSA) is 135 Å². The van der Waals surface area contributed by atoms with Gasteiger partial charge in [-0.1, -0.05) is 44.7 Å². The van der Waals surface area contributed by atoms with Gasteiger partial charge in [-0.25, -0.2) is 4.79 Å². The van der Waals surface area contributed by atoms with E-state index in [0.29, 0.717) is 23.7 Å². The standard InChI is InChI=1S/C34H39N3O8S/c1-20(38)37(45-23-12-9-21(10-13-23)17-29-30(40)35-31(41)46-29)26-15-14-24(19-27(26)36(8)32(42)44-34(5,6)7)43-28-16-11-22(39)18-25(28)33(2,3)4/h9-16,18-19,29,39H,17H2,1-8H3,(H,35,40,41). The van der Waals surface area contributed by atoms with Crippen molar-refractivity contribution in [1.29, 1.82) is 0 Å². The lowest BCUT2D eigenvalue weighted by Crippen LogP contribution is -2.37. The van der Waals surface area contributed by atoms with Crippen LogP contribution in [0.25, 0.3) is 0 Å². The number of nitrogens with zero attached hydrogens (tertiary/aromatic N) is 2. The van der Waals surface area contributed by atoms with Gasteiger partial charge >= 0.3 is 6.09 Å². The van der Waals surface area contributed by atoms with Crippen molar-refractivity contribution in [1.82, 2.24) is 5.32 Å². The molecule has 11 nitrogen and oxygen atoms in total. The number of thioether (sulfide) groups is 1. The van der Waals surface area contributed by atoms with Gasteiger partial charge in [0.25, 0.3) is 11.1 Å². The van der Waals surface area contributed by atoms with Crippen molar-refractivity contribution in [2.45, 2.75) is 71.2 Å². The lowest BCUT2D eigenvalue weighted by atomic mass is 9.86. The van der Waals surface area contributed by atoms with Crippen LogP contribution in [0, 0.1) is 0 Å². The first-order valence-electron chi connectivity index (χ1n) is 14.6. The highest BCUT2D eigenvalue weighted by molar-refractivity contribution is 8.15. The molecule has 1 unspecified atom stereocenters. The molecule has 0 saturated carbocycles. The number of rotatable bonds is 8. The lowest BCUT2D eigenvalue weighted by Gasteiger charge is -2.29. The first-order chi connectivity index (χ1) is 21.4. The minimum absolute atomic E-state index is 0.110. The Morgan fingerprint density at radius 1 is 0.913 bits per heavy atom. The Hall–Kier alpha value is -4.71. The van der Waals surface area contributed by atoms with Crippen LogP contribution in [-0.2, 0) is 26.2 Å². The zero-order valence-corrected chi connectivity index (χ0v) is 28.0. The molecule has 0 spiro atoms. The number of carbonyl (C=O) groups excluding carboxylic acids is 4. The van der Waals surface area contributed by atoms with Gasteiger partial charge < -0.3 is 19.4 Å². The van der Waals surface area contributed by atoms with E-state index in [0.717, 1.165) is 28.0 Å². The zero-order chi connectivity index (χ0) is 34.0. The number of carbonyl (C=O) groups is 4. The molecule has 46 heavy (non-hydrogen) atoms. The molecule has 1 aliphatic heterocycles. The summed E-state index contributed by atoms with van der Waals surface area (Å²) in [5.41, 5.74) is 0.963. The predicted octanol–water partition coefficient (Wildman–Crippen LogP) is 7.09. The predicted molar refractivity (Wildman–Crippen MR) is 177 cm³/mol. The van der Waals surface area contributed by atoms with Gasteiger partial charge in [-0.05, 0) is 80.6 Å². The molecule has 1 fully saturated rings. The maximum absolute atomic E-state index is 13.2. The van der Waals surface area contributed by atoms with E-state index >= 15 is 0 Å². The molecule has 0 bridgehead atoms. The Labute approximate surface area is 272 Å². The Balaban J connectivity index is 1.68. The van der Waals surface area contributed by atoms with Crippen molar-refractivity contribution < 1.29 is 38.6 Å². The Kier molecular flexibility index (Phi) is 9.91. The van der Waals surface area contributed by atoms with E-state index in [1.54, 1.807) is 75.4 Å². The first kappa shape index (κ1) is 34.2. The van der Waals surface area contributed by atoms with E-state index in [2.05, 4.69) is 5.32 Å². The smallest absolute Gasteiger partial charge is 0.414 e.